The van der Waals surface area contributed by atoms with Crippen molar-refractivity contribution in [2.75, 3.05) is 13.7 Å². The summed E-state index contributed by atoms with van der Waals surface area (Å²) >= 11 is 0. The molecule has 0 spiro atoms. The zero-order chi connectivity index (χ0) is 20.1. The highest BCUT2D eigenvalue weighted by molar-refractivity contribution is 5.77. The van der Waals surface area contributed by atoms with Crippen LogP contribution in [0.4, 0.5) is 0 Å². The van der Waals surface area contributed by atoms with Crippen LogP contribution in [-0.4, -0.2) is 34.6 Å². The molecule has 0 radical (unpaired) electrons. The van der Waals surface area contributed by atoms with E-state index in [1.807, 2.05) is 55.5 Å². The lowest BCUT2D eigenvalue weighted by Crippen LogP contribution is -2.31. The van der Waals surface area contributed by atoms with Crippen LogP contribution in [0.3, 0.4) is 0 Å². The molecule has 3 aromatic rings. The Morgan fingerprint density at radius 1 is 1.18 bits per heavy atom. The Kier molecular flexibility index (Phi) is 6.09. The normalized spacial score (nSPS) is 10.9. The first-order chi connectivity index (χ1) is 13.4. The fraction of sp³-hybridized carbons (Fsp3) is 0.318. The van der Waals surface area contributed by atoms with Gasteiger partial charge in [-0.3, -0.25) is 4.79 Å². The van der Waals surface area contributed by atoms with Gasteiger partial charge in [-0.25, -0.2) is 0 Å². The van der Waals surface area contributed by atoms with Crippen molar-refractivity contribution in [3.05, 3.63) is 65.5 Å². The van der Waals surface area contributed by atoms with Crippen molar-refractivity contribution in [3.63, 3.8) is 0 Å². The molecule has 0 saturated carbocycles. The van der Waals surface area contributed by atoms with E-state index in [-0.39, 0.29) is 19.1 Å². The summed E-state index contributed by atoms with van der Waals surface area (Å²) in [5, 5.41) is 4.01. The third-order valence-corrected chi connectivity index (χ3v) is 4.43. The van der Waals surface area contributed by atoms with E-state index < -0.39 is 0 Å². The molecule has 6 heteroatoms. The highest BCUT2D eigenvalue weighted by Crippen LogP contribution is 2.25. The molecule has 0 saturated heterocycles. The Hall–Kier alpha value is -3.15. The molecule has 0 aliphatic carbocycles. The molecule has 146 valence electrons. The van der Waals surface area contributed by atoms with Crippen LogP contribution in [0.25, 0.3) is 11.4 Å². The van der Waals surface area contributed by atoms with E-state index in [4.69, 9.17) is 9.26 Å². The molecular formula is C22H25N3O3. The van der Waals surface area contributed by atoms with Gasteiger partial charge in [0.15, 0.2) is 6.61 Å². The van der Waals surface area contributed by atoms with Gasteiger partial charge in [-0.1, -0.05) is 61.0 Å². The van der Waals surface area contributed by atoms with E-state index in [0.717, 1.165) is 22.4 Å². The molecule has 0 atom stereocenters. The maximum Gasteiger partial charge on any atom is 0.260 e. The molecule has 0 aliphatic rings. The number of likely N-dealkylation sites (N-methyl/N-ethyl adjacent to an activating group) is 1. The first-order valence-electron chi connectivity index (χ1n) is 9.29. The summed E-state index contributed by atoms with van der Waals surface area (Å²) in [7, 11) is 1.69. The number of benzene rings is 2. The van der Waals surface area contributed by atoms with Gasteiger partial charge >= 0.3 is 0 Å². The summed E-state index contributed by atoms with van der Waals surface area (Å²) in [5.74, 6) is 1.80. The number of aryl methyl sites for hydroxylation is 1. The fourth-order valence-electron chi connectivity index (χ4n) is 2.85. The Morgan fingerprint density at radius 3 is 2.71 bits per heavy atom. The summed E-state index contributed by atoms with van der Waals surface area (Å²) in [5.41, 5.74) is 3.09. The van der Waals surface area contributed by atoms with Gasteiger partial charge in [0.25, 0.3) is 5.91 Å². The number of para-hydroxylation sites is 1. The van der Waals surface area contributed by atoms with Crippen LogP contribution in [0.1, 0.15) is 36.8 Å². The number of amides is 1. The lowest BCUT2D eigenvalue weighted by molar-refractivity contribution is -0.132. The minimum absolute atomic E-state index is 0.0426. The Labute approximate surface area is 165 Å². The average Bonchev–Trinajstić information content (AvgIpc) is 3.14. The van der Waals surface area contributed by atoms with Crippen LogP contribution >= 0.6 is 0 Å². The molecule has 0 fully saturated rings. The number of nitrogens with zero attached hydrogens (tertiary/aromatic N) is 3. The van der Waals surface area contributed by atoms with Gasteiger partial charge in [-0.2, -0.15) is 4.98 Å². The third-order valence-electron chi connectivity index (χ3n) is 4.43. The highest BCUT2D eigenvalue weighted by Gasteiger charge is 2.16. The monoisotopic (exact) mass is 379 g/mol. The van der Waals surface area contributed by atoms with Crippen molar-refractivity contribution in [1.82, 2.24) is 15.0 Å². The summed E-state index contributed by atoms with van der Waals surface area (Å²) in [6, 6.07) is 15.6. The second-order valence-corrected chi connectivity index (χ2v) is 7.11. The molecule has 6 nitrogen and oxygen atoms in total. The van der Waals surface area contributed by atoms with Gasteiger partial charge in [0.1, 0.15) is 5.75 Å². The maximum atomic E-state index is 12.4. The molecule has 0 unspecified atom stereocenters. The van der Waals surface area contributed by atoms with E-state index in [9.17, 15) is 4.79 Å². The summed E-state index contributed by atoms with van der Waals surface area (Å²) in [4.78, 5) is 18.3. The average molecular weight is 379 g/mol. The number of hydrogen-bond acceptors (Lipinski definition) is 5. The zero-order valence-electron chi connectivity index (χ0n) is 16.7. The third kappa shape index (κ3) is 4.76. The Morgan fingerprint density at radius 2 is 1.96 bits per heavy atom. The smallest absolute Gasteiger partial charge is 0.260 e. The van der Waals surface area contributed by atoms with Gasteiger partial charge in [-0.05, 0) is 30.5 Å². The van der Waals surface area contributed by atoms with E-state index in [0.29, 0.717) is 17.6 Å². The quantitative estimate of drug-likeness (QED) is 0.615. The van der Waals surface area contributed by atoms with Crippen LogP contribution in [0.5, 0.6) is 5.75 Å². The van der Waals surface area contributed by atoms with Gasteiger partial charge in [0.05, 0.1) is 6.54 Å². The number of ether oxygens (including phenoxy) is 1. The van der Waals surface area contributed by atoms with Crippen LogP contribution in [0.15, 0.2) is 53.1 Å². The van der Waals surface area contributed by atoms with Gasteiger partial charge in [-0.15, -0.1) is 0 Å². The van der Waals surface area contributed by atoms with Gasteiger partial charge in [0, 0.05) is 12.6 Å². The summed E-state index contributed by atoms with van der Waals surface area (Å²) in [6.07, 6.45) is 0. The molecule has 28 heavy (non-hydrogen) atoms. The van der Waals surface area contributed by atoms with Gasteiger partial charge in [0.2, 0.25) is 11.7 Å². The van der Waals surface area contributed by atoms with Gasteiger partial charge < -0.3 is 14.2 Å². The van der Waals surface area contributed by atoms with Crippen LogP contribution in [-0.2, 0) is 11.3 Å². The first kappa shape index (κ1) is 19.6. The van der Waals surface area contributed by atoms with Crippen molar-refractivity contribution in [1.29, 1.82) is 0 Å². The predicted molar refractivity (Wildman–Crippen MR) is 107 cm³/mol. The molecule has 2 aromatic carbocycles. The van der Waals surface area contributed by atoms with Crippen molar-refractivity contribution in [3.8, 4) is 17.1 Å². The molecule has 1 heterocycles. The molecule has 1 aromatic heterocycles. The van der Waals surface area contributed by atoms with Crippen molar-refractivity contribution in [2.45, 2.75) is 33.2 Å². The Balaban J connectivity index is 1.59. The minimum atomic E-state index is -0.158. The molecular weight excluding hydrogens is 354 g/mol. The predicted octanol–water partition coefficient (Wildman–Crippen LogP) is 4.21. The van der Waals surface area contributed by atoms with E-state index in [1.165, 1.54) is 4.90 Å². The van der Waals surface area contributed by atoms with E-state index in [1.54, 1.807) is 7.05 Å². The maximum absolute atomic E-state index is 12.4. The standard InChI is InChI=1S/C22H25N3O3/c1-15(2)18-10-5-6-11-19(18)27-14-21(26)25(4)13-20-23-22(24-28-20)17-9-7-8-16(3)12-17/h5-12,15H,13-14H2,1-4H3. The number of aromatic nitrogens is 2. The SMILES string of the molecule is Cc1cccc(-c2noc(CN(C)C(=O)COc3ccccc3C(C)C)n2)c1. The lowest BCUT2D eigenvalue weighted by Gasteiger charge is -2.17. The number of hydrogen-bond donors (Lipinski definition) is 0. The summed E-state index contributed by atoms with van der Waals surface area (Å²) in [6.45, 7) is 6.38. The molecule has 0 aliphatic heterocycles. The molecule has 1 amide bonds. The summed E-state index contributed by atoms with van der Waals surface area (Å²) < 4.78 is 11.0. The second kappa shape index (κ2) is 8.69. The topological polar surface area (TPSA) is 68.5 Å². The molecule has 0 bridgehead atoms. The van der Waals surface area contributed by atoms with E-state index in [2.05, 4.69) is 24.0 Å². The largest absolute Gasteiger partial charge is 0.483 e. The number of rotatable bonds is 7. The highest BCUT2D eigenvalue weighted by atomic mass is 16.5. The first-order valence-corrected chi connectivity index (χ1v) is 9.29. The van der Waals surface area contributed by atoms with Crippen molar-refractivity contribution >= 4 is 5.91 Å². The second-order valence-electron chi connectivity index (χ2n) is 7.11. The molecule has 3 rings (SSSR count). The minimum Gasteiger partial charge on any atom is -0.483 e. The van der Waals surface area contributed by atoms with Crippen molar-refractivity contribution < 1.29 is 14.1 Å². The fourth-order valence-corrected chi connectivity index (χ4v) is 2.85. The zero-order valence-corrected chi connectivity index (χ0v) is 16.7. The van der Waals surface area contributed by atoms with Crippen LogP contribution in [0.2, 0.25) is 0 Å². The number of carbonyl (C=O) groups excluding carboxylic acids is 1. The number of carbonyl (C=O) groups is 1. The lowest BCUT2D eigenvalue weighted by atomic mass is 10.0. The van der Waals surface area contributed by atoms with Crippen LogP contribution < -0.4 is 4.74 Å². The van der Waals surface area contributed by atoms with E-state index >= 15 is 0 Å². The Bertz CT molecular complexity index is 949. The van der Waals surface area contributed by atoms with Crippen molar-refractivity contribution in [2.24, 2.45) is 0 Å². The molecule has 0 N–H and O–H groups in total. The van der Waals surface area contributed by atoms with Crippen LogP contribution in [0, 0.1) is 6.92 Å².